The molecule has 0 aliphatic carbocycles. The zero-order chi connectivity index (χ0) is 12.3. The highest BCUT2D eigenvalue weighted by molar-refractivity contribution is 9.10. The van der Waals surface area contributed by atoms with E-state index in [0.29, 0.717) is 11.1 Å². The van der Waals surface area contributed by atoms with Crippen LogP contribution in [0.15, 0.2) is 45.5 Å². The molecule has 0 saturated carbocycles. The van der Waals surface area contributed by atoms with Crippen LogP contribution in [-0.4, -0.2) is 7.11 Å². The molecule has 90 valence electrons. The van der Waals surface area contributed by atoms with E-state index in [0.717, 1.165) is 17.1 Å². The van der Waals surface area contributed by atoms with Gasteiger partial charge < -0.3 is 9.15 Å². The monoisotopic (exact) mass is 314 g/mol. The van der Waals surface area contributed by atoms with Gasteiger partial charge in [0.05, 0.1) is 12.5 Å². The number of hydrogen-bond acceptors (Lipinski definition) is 2. The fourth-order valence-electron chi connectivity index (χ4n) is 1.60. The van der Waals surface area contributed by atoms with Crippen LogP contribution in [0.1, 0.15) is 16.7 Å². The second-order valence-corrected chi connectivity index (χ2v) is 4.97. The van der Waals surface area contributed by atoms with Crippen LogP contribution in [0.4, 0.5) is 0 Å². The Kier molecular flexibility index (Phi) is 4.13. The van der Waals surface area contributed by atoms with Gasteiger partial charge in [0.1, 0.15) is 11.5 Å². The van der Waals surface area contributed by atoms with E-state index in [4.69, 9.17) is 20.8 Å². The first-order valence-electron chi connectivity index (χ1n) is 5.21. The Morgan fingerprint density at radius 3 is 2.82 bits per heavy atom. The zero-order valence-electron chi connectivity index (χ0n) is 9.32. The number of halogens is 2. The van der Waals surface area contributed by atoms with Crippen molar-refractivity contribution >= 4 is 27.5 Å². The molecular formula is C13H12BrClO2. The second-order valence-electron chi connectivity index (χ2n) is 3.67. The molecule has 0 aliphatic heterocycles. The quantitative estimate of drug-likeness (QED) is 0.771. The summed E-state index contributed by atoms with van der Waals surface area (Å²) in [5.74, 6) is 1.60. The van der Waals surface area contributed by atoms with Crippen LogP contribution in [0, 0.1) is 0 Å². The maximum atomic E-state index is 6.29. The number of alkyl halides is 1. The van der Waals surface area contributed by atoms with E-state index in [9.17, 15) is 0 Å². The minimum absolute atomic E-state index is 0.173. The van der Waals surface area contributed by atoms with Crippen LogP contribution in [0.5, 0.6) is 5.75 Å². The van der Waals surface area contributed by atoms with E-state index in [2.05, 4.69) is 15.9 Å². The molecule has 2 nitrogen and oxygen atoms in total. The third-order valence-electron chi connectivity index (χ3n) is 2.45. The van der Waals surface area contributed by atoms with Gasteiger partial charge in [0, 0.05) is 0 Å². The standard InChI is InChI=1S/C13H12BrClO2/c1-16-10-4-2-3-9(7-10)8-11(15)12-5-6-13(14)17-12/h2-7,11H,8H2,1H3. The highest BCUT2D eigenvalue weighted by Crippen LogP contribution is 2.29. The van der Waals surface area contributed by atoms with Crippen molar-refractivity contribution in [2.75, 3.05) is 7.11 Å². The lowest BCUT2D eigenvalue weighted by molar-refractivity contribution is 0.414. The lowest BCUT2D eigenvalue weighted by Gasteiger charge is -2.08. The van der Waals surface area contributed by atoms with Crippen LogP contribution in [0.2, 0.25) is 0 Å². The van der Waals surface area contributed by atoms with Crippen molar-refractivity contribution in [1.29, 1.82) is 0 Å². The molecule has 0 aliphatic rings. The molecule has 0 bridgehead atoms. The lowest BCUT2D eigenvalue weighted by atomic mass is 10.1. The van der Waals surface area contributed by atoms with Crippen LogP contribution in [-0.2, 0) is 6.42 Å². The van der Waals surface area contributed by atoms with Gasteiger partial charge >= 0.3 is 0 Å². The van der Waals surface area contributed by atoms with Gasteiger partial charge in [-0.3, -0.25) is 0 Å². The van der Waals surface area contributed by atoms with Crippen molar-refractivity contribution in [1.82, 2.24) is 0 Å². The minimum Gasteiger partial charge on any atom is -0.497 e. The molecule has 1 heterocycles. The first kappa shape index (κ1) is 12.5. The number of benzene rings is 1. The van der Waals surface area contributed by atoms with E-state index < -0.39 is 0 Å². The Balaban J connectivity index is 2.09. The summed E-state index contributed by atoms with van der Waals surface area (Å²) in [6.45, 7) is 0. The van der Waals surface area contributed by atoms with Gasteiger partial charge in [0.15, 0.2) is 4.67 Å². The molecule has 1 aromatic heterocycles. The van der Waals surface area contributed by atoms with Gasteiger partial charge in [-0.15, -0.1) is 11.6 Å². The molecule has 2 aromatic rings. The summed E-state index contributed by atoms with van der Waals surface area (Å²) in [5.41, 5.74) is 1.12. The predicted octanol–water partition coefficient (Wildman–Crippen LogP) is 4.57. The van der Waals surface area contributed by atoms with Crippen molar-refractivity contribution < 1.29 is 9.15 Å². The second kappa shape index (κ2) is 5.61. The van der Waals surface area contributed by atoms with E-state index in [1.54, 1.807) is 7.11 Å². The van der Waals surface area contributed by atoms with Crippen LogP contribution in [0.25, 0.3) is 0 Å². The summed E-state index contributed by atoms with van der Waals surface area (Å²) < 4.78 is 11.3. The molecule has 0 saturated heterocycles. The number of rotatable bonds is 4. The molecular weight excluding hydrogens is 303 g/mol. The predicted molar refractivity (Wildman–Crippen MR) is 71.7 cm³/mol. The number of methoxy groups -OCH3 is 1. The van der Waals surface area contributed by atoms with E-state index >= 15 is 0 Å². The highest BCUT2D eigenvalue weighted by atomic mass is 79.9. The van der Waals surface area contributed by atoms with Crippen LogP contribution in [0.3, 0.4) is 0 Å². The van der Waals surface area contributed by atoms with Gasteiger partial charge in [-0.05, 0) is 52.2 Å². The Morgan fingerprint density at radius 2 is 2.18 bits per heavy atom. The van der Waals surface area contributed by atoms with E-state index in [1.165, 1.54) is 0 Å². The Labute approximate surface area is 114 Å². The zero-order valence-corrected chi connectivity index (χ0v) is 11.7. The average Bonchev–Trinajstić information content (AvgIpc) is 2.76. The van der Waals surface area contributed by atoms with Crippen molar-refractivity contribution in [2.24, 2.45) is 0 Å². The summed E-state index contributed by atoms with van der Waals surface area (Å²) in [4.78, 5) is 0. The first-order chi connectivity index (χ1) is 8.19. The van der Waals surface area contributed by atoms with Gasteiger partial charge in [-0.2, -0.15) is 0 Å². The van der Waals surface area contributed by atoms with Gasteiger partial charge in [-0.1, -0.05) is 12.1 Å². The summed E-state index contributed by atoms with van der Waals surface area (Å²) >= 11 is 9.56. The minimum atomic E-state index is -0.173. The Bertz CT molecular complexity index is 496. The molecule has 0 amide bonds. The normalized spacial score (nSPS) is 12.4. The third kappa shape index (κ3) is 3.27. The van der Waals surface area contributed by atoms with Crippen LogP contribution < -0.4 is 4.74 Å². The van der Waals surface area contributed by atoms with Crippen molar-refractivity contribution in [3.05, 3.63) is 52.4 Å². The summed E-state index contributed by atoms with van der Waals surface area (Å²) in [7, 11) is 1.65. The smallest absolute Gasteiger partial charge is 0.169 e. The van der Waals surface area contributed by atoms with Gasteiger partial charge in [0.25, 0.3) is 0 Å². The van der Waals surface area contributed by atoms with Crippen LogP contribution >= 0.6 is 27.5 Å². The SMILES string of the molecule is COc1cccc(CC(Cl)c2ccc(Br)o2)c1. The maximum absolute atomic E-state index is 6.29. The summed E-state index contributed by atoms with van der Waals surface area (Å²) in [6.07, 6.45) is 0.707. The molecule has 1 unspecified atom stereocenters. The molecule has 0 N–H and O–H groups in total. The lowest BCUT2D eigenvalue weighted by Crippen LogP contribution is -1.95. The highest BCUT2D eigenvalue weighted by Gasteiger charge is 2.13. The maximum Gasteiger partial charge on any atom is 0.169 e. The molecule has 0 fully saturated rings. The molecule has 0 radical (unpaired) electrons. The van der Waals surface area contributed by atoms with Crippen molar-refractivity contribution in [3.63, 3.8) is 0 Å². The fourth-order valence-corrected chi connectivity index (χ4v) is 2.22. The largest absolute Gasteiger partial charge is 0.497 e. The molecule has 1 aromatic carbocycles. The molecule has 4 heteroatoms. The molecule has 0 spiro atoms. The van der Waals surface area contributed by atoms with Crippen molar-refractivity contribution in [2.45, 2.75) is 11.8 Å². The average molecular weight is 316 g/mol. The number of hydrogen-bond donors (Lipinski definition) is 0. The first-order valence-corrected chi connectivity index (χ1v) is 6.44. The Hall–Kier alpha value is -0.930. The van der Waals surface area contributed by atoms with Crippen molar-refractivity contribution in [3.8, 4) is 5.75 Å². The molecule has 17 heavy (non-hydrogen) atoms. The molecule has 2 rings (SSSR count). The molecule has 1 atom stereocenters. The number of furan rings is 1. The van der Waals surface area contributed by atoms with Gasteiger partial charge in [-0.25, -0.2) is 0 Å². The Morgan fingerprint density at radius 1 is 1.35 bits per heavy atom. The fraction of sp³-hybridized carbons (Fsp3) is 0.231. The topological polar surface area (TPSA) is 22.4 Å². The third-order valence-corrected chi connectivity index (χ3v) is 3.25. The summed E-state index contributed by atoms with van der Waals surface area (Å²) in [5, 5.41) is -0.173. The summed E-state index contributed by atoms with van der Waals surface area (Å²) in [6, 6.07) is 11.6. The van der Waals surface area contributed by atoms with E-state index in [1.807, 2.05) is 36.4 Å². The van der Waals surface area contributed by atoms with Gasteiger partial charge in [0.2, 0.25) is 0 Å². The number of ether oxygens (including phenoxy) is 1. The van der Waals surface area contributed by atoms with E-state index in [-0.39, 0.29) is 5.38 Å².